The number of nitrogens with one attached hydrogen (secondary N) is 3. The number of carbonyl (C=O) groups is 1. The summed E-state index contributed by atoms with van der Waals surface area (Å²) in [5, 5.41) is 6.25. The third kappa shape index (κ3) is 5.57. The Morgan fingerprint density at radius 2 is 1.84 bits per heavy atom. The lowest BCUT2D eigenvalue weighted by Crippen LogP contribution is -2.43. The quantitative estimate of drug-likeness (QED) is 0.611. The van der Waals surface area contributed by atoms with Crippen LogP contribution in [-0.4, -0.2) is 46.5 Å². The van der Waals surface area contributed by atoms with Crippen LogP contribution >= 0.6 is 0 Å². The standard InChI is InChI=1S/C23H32N4O3S/c1-5-18(4)25-23(28)19-7-8-21(27-12-10-24-11-13-27)20(15-19)26-31(29,30)22-9-6-16(2)14-17(22)3/h6-9,14-15,18,24,26H,5,10-13H2,1-4H3,(H,25,28). The van der Waals surface area contributed by atoms with Gasteiger partial charge in [-0.1, -0.05) is 24.6 Å². The van der Waals surface area contributed by atoms with E-state index >= 15 is 0 Å². The highest BCUT2D eigenvalue weighted by molar-refractivity contribution is 7.92. The Labute approximate surface area is 185 Å². The summed E-state index contributed by atoms with van der Waals surface area (Å²) in [4.78, 5) is 15.0. The zero-order valence-corrected chi connectivity index (χ0v) is 19.5. The van der Waals surface area contributed by atoms with Crippen LogP contribution in [0.4, 0.5) is 11.4 Å². The number of benzene rings is 2. The Balaban J connectivity index is 1.99. The number of hydrogen-bond acceptors (Lipinski definition) is 5. The van der Waals surface area contributed by atoms with Gasteiger partial charge in [-0.25, -0.2) is 8.42 Å². The molecule has 0 aliphatic carbocycles. The van der Waals surface area contributed by atoms with Crippen molar-refractivity contribution in [3.8, 4) is 0 Å². The predicted octanol–water partition coefficient (Wildman–Crippen LogP) is 3.04. The second-order valence-corrected chi connectivity index (χ2v) is 9.78. The molecule has 1 aliphatic rings. The molecule has 1 amide bonds. The molecule has 1 unspecified atom stereocenters. The van der Waals surface area contributed by atoms with E-state index in [1.54, 1.807) is 31.2 Å². The maximum absolute atomic E-state index is 13.2. The van der Waals surface area contributed by atoms with Gasteiger partial charge >= 0.3 is 0 Å². The van der Waals surface area contributed by atoms with Crippen LogP contribution in [0.1, 0.15) is 41.8 Å². The van der Waals surface area contributed by atoms with Crippen molar-refractivity contribution in [3.05, 3.63) is 53.1 Å². The van der Waals surface area contributed by atoms with Crippen molar-refractivity contribution in [2.24, 2.45) is 0 Å². The monoisotopic (exact) mass is 444 g/mol. The van der Waals surface area contributed by atoms with Gasteiger partial charge in [-0.05, 0) is 57.0 Å². The summed E-state index contributed by atoms with van der Waals surface area (Å²) >= 11 is 0. The predicted molar refractivity (Wildman–Crippen MR) is 125 cm³/mol. The normalized spacial score (nSPS) is 15.4. The molecule has 0 bridgehead atoms. The molecule has 3 N–H and O–H groups in total. The van der Waals surface area contributed by atoms with Gasteiger partial charge in [0.15, 0.2) is 0 Å². The number of hydrogen-bond donors (Lipinski definition) is 3. The summed E-state index contributed by atoms with van der Waals surface area (Å²) in [7, 11) is -3.82. The van der Waals surface area contributed by atoms with Crippen LogP contribution < -0.4 is 20.3 Å². The lowest BCUT2D eigenvalue weighted by Gasteiger charge is -2.31. The number of anilines is 2. The van der Waals surface area contributed by atoms with Crippen molar-refractivity contribution < 1.29 is 13.2 Å². The molecular formula is C23H32N4O3S. The molecule has 31 heavy (non-hydrogen) atoms. The second-order valence-electron chi connectivity index (χ2n) is 8.13. The molecule has 0 aromatic heterocycles. The highest BCUT2D eigenvalue weighted by atomic mass is 32.2. The average Bonchev–Trinajstić information content (AvgIpc) is 2.73. The van der Waals surface area contributed by atoms with Gasteiger partial charge in [0.25, 0.3) is 15.9 Å². The van der Waals surface area contributed by atoms with Gasteiger partial charge in [0, 0.05) is 37.8 Å². The minimum Gasteiger partial charge on any atom is -0.367 e. The molecule has 7 nitrogen and oxygen atoms in total. The summed E-state index contributed by atoms with van der Waals surface area (Å²) in [6, 6.07) is 10.5. The van der Waals surface area contributed by atoms with E-state index in [4.69, 9.17) is 0 Å². The maximum Gasteiger partial charge on any atom is 0.262 e. The van der Waals surface area contributed by atoms with Crippen molar-refractivity contribution in [1.29, 1.82) is 0 Å². The molecule has 2 aromatic carbocycles. The van der Waals surface area contributed by atoms with Gasteiger partial charge in [0.05, 0.1) is 16.3 Å². The summed E-state index contributed by atoms with van der Waals surface area (Å²) in [6.45, 7) is 10.8. The Hall–Kier alpha value is -2.58. The first-order valence-electron chi connectivity index (χ1n) is 10.7. The number of nitrogens with zero attached hydrogens (tertiary/aromatic N) is 1. The average molecular weight is 445 g/mol. The Morgan fingerprint density at radius 3 is 2.48 bits per heavy atom. The molecule has 1 heterocycles. The van der Waals surface area contributed by atoms with Crippen molar-refractivity contribution in [1.82, 2.24) is 10.6 Å². The molecular weight excluding hydrogens is 412 g/mol. The van der Waals surface area contributed by atoms with Crippen molar-refractivity contribution in [3.63, 3.8) is 0 Å². The summed E-state index contributed by atoms with van der Waals surface area (Å²) in [5.74, 6) is -0.215. The Kier molecular flexibility index (Phi) is 7.23. The Bertz CT molecular complexity index is 1050. The van der Waals surface area contributed by atoms with Crippen LogP contribution in [0.3, 0.4) is 0 Å². The highest BCUT2D eigenvalue weighted by Gasteiger charge is 2.22. The largest absolute Gasteiger partial charge is 0.367 e. The van der Waals surface area contributed by atoms with Crippen molar-refractivity contribution in [2.75, 3.05) is 35.8 Å². The number of rotatable bonds is 7. The molecule has 1 fully saturated rings. The van der Waals surface area contributed by atoms with Gasteiger partial charge in [-0.3, -0.25) is 9.52 Å². The van der Waals surface area contributed by atoms with Gasteiger partial charge < -0.3 is 15.5 Å². The maximum atomic E-state index is 13.2. The lowest BCUT2D eigenvalue weighted by atomic mass is 10.1. The zero-order valence-electron chi connectivity index (χ0n) is 18.7. The fraction of sp³-hybridized carbons (Fsp3) is 0.435. The van der Waals surface area contributed by atoms with E-state index in [0.29, 0.717) is 16.8 Å². The molecule has 0 saturated carbocycles. The highest BCUT2D eigenvalue weighted by Crippen LogP contribution is 2.31. The zero-order chi connectivity index (χ0) is 22.6. The van der Waals surface area contributed by atoms with Crippen LogP contribution in [0.2, 0.25) is 0 Å². The lowest BCUT2D eigenvalue weighted by molar-refractivity contribution is 0.0939. The molecule has 1 saturated heterocycles. The smallest absolute Gasteiger partial charge is 0.262 e. The van der Waals surface area contributed by atoms with E-state index in [2.05, 4.69) is 20.3 Å². The Morgan fingerprint density at radius 1 is 1.13 bits per heavy atom. The molecule has 2 aromatic rings. The topological polar surface area (TPSA) is 90.5 Å². The van der Waals surface area contributed by atoms with E-state index in [-0.39, 0.29) is 16.8 Å². The fourth-order valence-corrected chi connectivity index (χ4v) is 4.94. The SMILES string of the molecule is CCC(C)NC(=O)c1ccc(N2CCNCC2)c(NS(=O)(=O)c2ccc(C)cc2C)c1. The summed E-state index contributed by atoms with van der Waals surface area (Å²) in [5.41, 5.74) is 3.30. The number of aryl methyl sites for hydroxylation is 2. The minimum absolute atomic E-state index is 0.0377. The van der Waals surface area contributed by atoms with Gasteiger partial charge in [0.1, 0.15) is 0 Å². The number of carbonyl (C=O) groups excluding carboxylic acids is 1. The molecule has 1 aliphatic heterocycles. The van der Waals surface area contributed by atoms with Crippen LogP contribution in [0.5, 0.6) is 0 Å². The first-order chi connectivity index (χ1) is 14.7. The molecule has 0 radical (unpaired) electrons. The molecule has 3 rings (SSSR count). The van der Waals surface area contributed by atoms with Crippen LogP contribution in [0.15, 0.2) is 41.3 Å². The fourth-order valence-electron chi connectivity index (χ4n) is 3.65. The van der Waals surface area contributed by atoms with E-state index < -0.39 is 10.0 Å². The number of amides is 1. The third-order valence-electron chi connectivity index (χ3n) is 5.57. The molecule has 1 atom stereocenters. The molecule has 0 spiro atoms. The third-order valence-corrected chi connectivity index (χ3v) is 7.10. The van der Waals surface area contributed by atoms with Crippen LogP contribution in [0, 0.1) is 13.8 Å². The van der Waals surface area contributed by atoms with E-state index in [1.807, 2.05) is 32.9 Å². The number of piperazine rings is 1. The molecule has 8 heteroatoms. The minimum atomic E-state index is -3.82. The first-order valence-corrected chi connectivity index (χ1v) is 12.2. The summed E-state index contributed by atoms with van der Waals surface area (Å²) in [6.07, 6.45) is 0.816. The van der Waals surface area contributed by atoms with Crippen LogP contribution in [0.25, 0.3) is 0 Å². The van der Waals surface area contributed by atoms with Crippen molar-refractivity contribution in [2.45, 2.75) is 45.1 Å². The van der Waals surface area contributed by atoms with Crippen molar-refractivity contribution >= 4 is 27.3 Å². The van der Waals surface area contributed by atoms with Crippen LogP contribution in [-0.2, 0) is 10.0 Å². The van der Waals surface area contributed by atoms with Gasteiger partial charge in [0.2, 0.25) is 0 Å². The second kappa shape index (κ2) is 9.70. The number of sulfonamides is 1. The van der Waals surface area contributed by atoms with E-state index in [0.717, 1.165) is 43.9 Å². The van der Waals surface area contributed by atoms with Gasteiger partial charge in [-0.2, -0.15) is 0 Å². The molecule has 168 valence electrons. The summed E-state index contributed by atoms with van der Waals surface area (Å²) < 4.78 is 29.2. The van der Waals surface area contributed by atoms with E-state index in [9.17, 15) is 13.2 Å². The van der Waals surface area contributed by atoms with Gasteiger partial charge in [-0.15, -0.1) is 0 Å². The van der Waals surface area contributed by atoms with E-state index in [1.165, 1.54) is 0 Å². The first kappa shape index (κ1) is 23.1.